The third kappa shape index (κ3) is 9.83. The van der Waals surface area contributed by atoms with E-state index in [4.69, 9.17) is 14.9 Å². The third-order valence-corrected chi connectivity index (χ3v) is 4.18. The molecule has 1 heterocycles. The van der Waals surface area contributed by atoms with Crippen LogP contribution in [0.3, 0.4) is 0 Å². The lowest BCUT2D eigenvalue weighted by Gasteiger charge is -2.27. The number of carbonyl (C=O) groups is 3. The molecule has 0 aliphatic carbocycles. The van der Waals surface area contributed by atoms with Crippen LogP contribution in [0, 0.1) is 5.41 Å². The smallest absolute Gasteiger partial charge is 0.337 e. The van der Waals surface area contributed by atoms with Crippen LogP contribution in [0.2, 0.25) is 0 Å². The normalized spacial score (nSPS) is 11.5. The van der Waals surface area contributed by atoms with Crippen molar-refractivity contribution < 1.29 is 34.4 Å². The Hall–Kier alpha value is -3.30. The summed E-state index contributed by atoms with van der Waals surface area (Å²) in [5.74, 6) is -1.99. The molecular formula is C22H28N2O7. The SMILES string of the molecule is CC(C)(CO)[C@@H](O)C(=O)NCCC(=O)OCc1ccccc1.O=C(O)c1cccnc1. The topological polar surface area (TPSA) is 146 Å². The zero-order valence-electron chi connectivity index (χ0n) is 17.5. The number of aromatic carboxylic acids is 1. The highest BCUT2D eigenvalue weighted by atomic mass is 16.5. The summed E-state index contributed by atoms with van der Waals surface area (Å²) in [6.45, 7) is 3.09. The van der Waals surface area contributed by atoms with E-state index < -0.39 is 29.4 Å². The molecule has 1 amide bonds. The van der Waals surface area contributed by atoms with Gasteiger partial charge < -0.3 is 25.4 Å². The lowest BCUT2D eigenvalue weighted by atomic mass is 9.87. The molecule has 1 atom stereocenters. The monoisotopic (exact) mass is 432 g/mol. The summed E-state index contributed by atoms with van der Waals surface area (Å²) in [6, 6.07) is 12.4. The number of esters is 1. The van der Waals surface area contributed by atoms with Crippen LogP contribution in [-0.2, 0) is 20.9 Å². The molecule has 1 aromatic heterocycles. The molecule has 2 rings (SSSR count). The van der Waals surface area contributed by atoms with Gasteiger partial charge in [0.05, 0.1) is 18.6 Å². The highest BCUT2D eigenvalue weighted by Crippen LogP contribution is 2.19. The Bertz CT molecular complexity index is 826. The van der Waals surface area contributed by atoms with Gasteiger partial charge in [0.1, 0.15) is 12.7 Å². The molecule has 0 aliphatic heterocycles. The van der Waals surface area contributed by atoms with Gasteiger partial charge in [0.25, 0.3) is 0 Å². The number of nitrogens with zero attached hydrogens (tertiary/aromatic N) is 1. The summed E-state index contributed by atoms with van der Waals surface area (Å²) >= 11 is 0. The summed E-state index contributed by atoms with van der Waals surface area (Å²) in [4.78, 5) is 37.0. The first kappa shape index (κ1) is 25.7. The molecular weight excluding hydrogens is 404 g/mol. The van der Waals surface area contributed by atoms with Crippen LogP contribution in [-0.4, -0.2) is 57.4 Å². The molecule has 0 bridgehead atoms. The van der Waals surface area contributed by atoms with E-state index in [0.29, 0.717) is 0 Å². The van der Waals surface area contributed by atoms with E-state index in [2.05, 4.69) is 10.3 Å². The molecule has 2 aromatic rings. The Balaban J connectivity index is 0.000000442. The van der Waals surface area contributed by atoms with E-state index in [-0.39, 0.29) is 31.7 Å². The number of aromatic nitrogens is 1. The lowest BCUT2D eigenvalue weighted by molar-refractivity contribution is -0.145. The molecule has 31 heavy (non-hydrogen) atoms. The van der Waals surface area contributed by atoms with Crippen molar-refractivity contribution in [1.82, 2.24) is 10.3 Å². The second-order valence-corrected chi connectivity index (χ2v) is 7.28. The number of benzene rings is 1. The predicted octanol–water partition coefficient (Wildman–Crippen LogP) is 1.40. The number of aliphatic hydroxyl groups is 2. The molecule has 4 N–H and O–H groups in total. The van der Waals surface area contributed by atoms with Crippen molar-refractivity contribution in [2.45, 2.75) is 33.0 Å². The second-order valence-electron chi connectivity index (χ2n) is 7.28. The molecule has 9 heteroatoms. The highest BCUT2D eigenvalue weighted by Gasteiger charge is 2.32. The fraction of sp³-hybridized carbons (Fsp3) is 0.364. The predicted molar refractivity (Wildman–Crippen MR) is 112 cm³/mol. The maximum atomic E-state index is 11.7. The largest absolute Gasteiger partial charge is 0.478 e. The van der Waals surface area contributed by atoms with Crippen LogP contribution in [0.5, 0.6) is 0 Å². The quantitative estimate of drug-likeness (QED) is 0.435. The van der Waals surface area contributed by atoms with Crippen LogP contribution in [0.1, 0.15) is 36.2 Å². The number of carboxylic acid groups (broad SMARTS) is 1. The number of pyridine rings is 1. The van der Waals surface area contributed by atoms with Crippen molar-refractivity contribution in [1.29, 1.82) is 0 Å². The van der Waals surface area contributed by atoms with Crippen molar-refractivity contribution in [3.63, 3.8) is 0 Å². The van der Waals surface area contributed by atoms with Crippen LogP contribution >= 0.6 is 0 Å². The maximum Gasteiger partial charge on any atom is 0.337 e. The Morgan fingerprint density at radius 3 is 2.32 bits per heavy atom. The lowest BCUT2D eigenvalue weighted by Crippen LogP contribution is -2.46. The Kier molecular flexibility index (Phi) is 10.9. The summed E-state index contributed by atoms with van der Waals surface area (Å²) in [7, 11) is 0. The zero-order chi connectivity index (χ0) is 23.3. The zero-order valence-corrected chi connectivity index (χ0v) is 17.5. The Morgan fingerprint density at radius 1 is 1.13 bits per heavy atom. The second kappa shape index (κ2) is 13.1. The first-order chi connectivity index (χ1) is 14.7. The standard InChI is InChI=1S/C16H23NO5.C6H5NO2/c1-16(2,11-18)14(20)15(21)17-9-8-13(19)22-10-12-6-4-3-5-7-12;8-6(9)5-2-1-3-7-4-5/h3-7,14,18,20H,8-11H2,1-2H3,(H,17,21);1-4H,(H,8,9)/t14-;/m0./s1. The number of hydrogen-bond acceptors (Lipinski definition) is 7. The van der Waals surface area contributed by atoms with Crippen molar-refractivity contribution >= 4 is 17.8 Å². The maximum absolute atomic E-state index is 11.7. The number of hydrogen-bond donors (Lipinski definition) is 4. The molecule has 168 valence electrons. The van der Waals surface area contributed by atoms with Crippen LogP contribution in [0.15, 0.2) is 54.9 Å². The minimum atomic E-state index is -1.34. The summed E-state index contributed by atoms with van der Waals surface area (Å²) in [5, 5.41) is 29.7. The van der Waals surface area contributed by atoms with Gasteiger partial charge in [-0.2, -0.15) is 0 Å². The summed E-state index contributed by atoms with van der Waals surface area (Å²) in [6.07, 6.45) is 1.53. The van der Waals surface area contributed by atoms with E-state index in [1.54, 1.807) is 19.9 Å². The Labute approximate surface area is 180 Å². The average Bonchev–Trinajstić information content (AvgIpc) is 2.78. The highest BCUT2D eigenvalue weighted by molar-refractivity contribution is 5.87. The van der Waals surface area contributed by atoms with Crippen LogP contribution in [0.4, 0.5) is 0 Å². The Morgan fingerprint density at radius 2 is 1.81 bits per heavy atom. The van der Waals surface area contributed by atoms with Gasteiger partial charge in [0, 0.05) is 24.4 Å². The number of nitrogens with one attached hydrogen (secondary N) is 1. The summed E-state index contributed by atoms with van der Waals surface area (Å²) in [5.41, 5.74) is 0.176. The van der Waals surface area contributed by atoms with Gasteiger partial charge in [-0.15, -0.1) is 0 Å². The molecule has 0 radical (unpaired) electrons. The van der Waals surface area contributed by atoms with Crippen LogP contribution in [0.25, 0.3) is 0 Å². The number of ether oxygens (including phenoxy) is 1. The van der Waals surface area contributed by atoms with Gasteiger partial charge in [-0.05, 0) is 17.7 Å². The van der Waals surface area contributed by atoms with E-state index in [1.165, 1.54) is 18.5 Å². The van der Waals surface area contributed by atoms with Crippen molar-refractivity contribution in [2.24, 2.45) is 5.41 Å². The molecule has 0 spiro atoms. The van der Waals surface area contributed by atoms with E-state index in [1.807, 2.05) is 30.3 Å². The minimum Gasteiger partial charge on any atom is -0.478 e. The van der Waals surface area contributed by atoms with E-state index >= 15 is 0 Å². The molecule has 0 unspecified atom stereocenters. The average molecular weight is 432 g/mol. The van der Waals surface area contributed by atoms with Gasteiger partial charge in [0.2, 0.25) is 5.91 Å². The number of carboxylic acids is 1. The number of carbonyl (C=O) groups excluding carboxylic acids is 2. The number of amides is 1. The molecule has 0 saturated carbocycles. The molecule has 0 fully saturated rings. The van der Waals surface area contributed by atoms with E-state index in [9.17, 15) is 19.5 Å². The fourth-order valence-electron chi connectivity index (χ4n) is 2.13. The van der Waals surface area contributed by atoms with Crippen molar-refractivity contribution in [2.75, 3.05) is 13.2 Å². The van der Waals surface area contributed by atoms with Gasteiger partial charge in [-0.3, -0.25) is 14.6 Å². The first-order valence-electron chi connectivity index (χ1n) is 9.57. The number of aliphatic hydroxyl groups excluding tert-OH is 2. The molecule has 1 aromatic carbocycles. The van der Waals surface area contributed by atoms with Crippen molar-refractivity contribution in [3.05, 3.63) is 66.0 Å². The van der Waals surface area contributed by atoms with Gasteiger partial charge in [0.15, 0.2) is 0 Å². The molecule has 0 aliphatic rings. The third-order valence-electron chi connectivity index (χ3n) is 4.18. The van der Waals surface area contributed by atoms with Crippen LogP contribution < -0.4 is 5.32 Å². The number of rotatable bonds is 9. The first-order valence-corrected chi connectivity index (χ1v) is 9.57. The van der Waals surface area contributed by atoms with Crippen molar-refractivity contribution in [3.8, 4) is 0 Å². The fourth-order valence-corrected chi connectivity index (χ4v) is 2.13. The van der Waals surface area contributed by atoms with Gasteiger partial charge in [-0.25, -0.2) is 4.79 Å². The molecule has 9 nitrogen and oxygen atoms in total. The summed E-state index contributed by atoms with van der Waals surface area (Å²) < 4.78 is 5.07. The van der Waals surface area contributed by atoms with E-state index in [0.717, 1.165) is 5.56 Å². The molecule has 0 saturated heterocycles. The minimum absolute atomic E-state index is 0.0187. The van der Waals surface area contributed by atoms with Gasteiger partial charge >= 0.3 is 11.9 Å². The van der Waals surface area contributed by atoms with Gasteiger partial charge in [-0.1, -0.05) is 44.2 Å².